The van der Waals surface area contributed by atoms with Gasteiger partial charge >= 0.3 is 18.0 Å². The van der Waals surface area contributed by atoms with Crippen molar-refractivity contribution < 1.29 is 70.3 Å². The molecule has 0 aliphatic carbocycles. The number of carbonyl (C=O) groups excluding carboxylic acids is 3. The summed E-state index contributed by atoms with van der Waals surface area (Å²) in [5.74, 6) is -0.438. The summed E-state index contributed by atoms with van der Waals surface area (Å²) in [5, 5.41) is 2.49. The lowest BCUT2D eigenvalue weighted by molar-refractivity contribution is -0.245. The maximum absolute atomic E-state index is 13.3. The molecule has 2 aromatic carbocycles. The first kappa shape index (κ1) is 40.3. The van der Waals surface area contributed by atoms with E-state index in [9.17, 15) is 38.1 Å². The van der Waals surface area contributed by atoms with Crippen molar-refractivity contribution in [3.8, 4) is 11.5 Å². The van der Waals surface area contributed by atoms with Crippen LogP contribution in [0.1, 0.15) is 45.8 Å². The van der Waals surface area contributed by atoms with Gasteiger partial charge in [-0.15, -0.1) is 0 Å². The fourth-order valence-corrected chi connectivity index (χ4v) is 6.62. The third-order valence-corrected chi connectivity index (χ3v) is 9.38. The van der Waals surface area contributed by atoms with E-state index in [0.29, 0.717) is 6.42 Å². The van der Waals surface area contributed by atoms with Crippen LogP contribution in [0.3, 0.4) is 0 Å². The highest BCUT2D eigenvalue weighted by molar-refractivity contribution is 7.59. The fourth-order valence-electron chi connectivity index (χ4n) is 4.53. The largest absolute Gasteiger partial charge is 0.756 e. The Morgan fingerprint density at radius 2 is 1.42 bits per heavy atom. The molecule has 0 saturated carbocycles. The van der Waals surface area contributed by atoms with Gasteiger partial charge in [-0.25, -0.2) is 18.7 Å². The van der Waals surface area contributed by atoms with Crippen LogP contribution in [0.4, 0.5) is 15.4 Å². The Kier molecular flexibility index (Phi) is 14.6. The highest BCUT2D eigenvalue weighted by Crippen LogP contribution is 2.56. The SMILES string of the molecule is CCCCC(=O)Nc1ccn([C@@H]2O[C@H](COP(=O)([O-])OP(=O)([O-])OCCC)C(OC(=O)Oc3ccccc3)[C@@H]2OC(=O)Oc2ccccc2)c(=O)n1. The van der Waals surface area contributed by atoms with Crippen molar-refractivity contribution in [3.05, 3.63) is 83.4 Å². The predicted octanol–water partition coefficient (Wildman–Crippen LogP) is 3.83. The highest BCUT2D eigenvalue weighted by atomic mass is 31.3. The number of phosphoric acid groups is 2. The number of phosphoric ester groups is 2. The number of aromatic nitrogens is 2. The molecule has 1 N–H and O–H groups in total. The first-order chi connectivity index (χ1) is 24.8. The molecule has 1 aliphatic heterocycles. The zero-order valence-electron chi connectivity index (χ0n) is 27.8. The molecule has 2 heterocycles. The van der Waals surface area contributed by atoms with Crippen molar-refractivity contribution in [2.24, 2.45) is 0 Å². The second-order valence-corrected chi connectivity index (χ2v) is 13.8. The number of unbranched alkanes of at least 4 members (excludes halogenated alkanes) is 1. The lowest BCUT2D eigenvalue weighted by Crippen LogP contribution is -2.43. The molecule has 1 aliphatic rings. The fraction of sp³-hybridized carbons (Fsp3) is 0.387. The zero-order valence-corrected chi connectivity index (χ0v) is 29.6. The van der Waals surface area contributed by atoms with Gasteiger partial charge < -0.3 is 47.8 Å². The Morgan fingerprint density at radius 1 is 0.846 bits per heavy atom. The summed E-state index contributed by atoms with van der Waals surface area (Å²) >= 11 is 0. The van der Waals surface area contributed by atoms with E-state index in [2.05, 4.69) is 19.1 Å². The van der Waals surface area contributed by atoms with Crippen LogP contribution in [0, 0.1) is 0 Å². The van der Waals surface area contributed by atoms with Crippen molar-refractivity contribution >= 4 is 39.7 Å². The zero-order chi connectivity index (χ0) is 37.7. The predicted molar refractivity (Wildman–Crippen MR) is 174 cm³/mol. The Morgan fingerprint density at radius 3 is 1.98 bits per heavy atom. The molecule has 282 valence electrons. The van der Waals surface area contributed by atoms with Crippen LogP contribution < -0.4 is 30.3 Å². The van der Waals surface area contributed by atoms with Crippen LogP contribution in [0.15, 0.2) is 77.7 Å². The topological polar surface area (TPSA) is 252 Å². The van der Waals surface area contributed by atoms with Crippen LogP contribution in [0.5, 0.6) is 11.5 Å². The van der Waals surface area contributed by atoms with Crippen molar-refractivity contribution in [2.45, 2.75) is 64.1 Å². The Hall–Kier alpha value is -4.45. The second kappa shape index (κ2) is 18.9. The number of hydrogen-bond acceptors (Lipinski definition) is 17. The number of hydrogen-bond donors (Lipinski definition) is 1. The molecule has 6 atom stereocenters. The summed E-state index contributed by atoms with van der Waals surface area (Å²) in [4.78, 5) is 79.9. The number of ether oxygens (including phenoxy) is 5. The van der Waals surface area contributed by atoms with Crippen molar-refractivity contribution in [2.75, 3.05) is 18.5 Å². The lowest BCUT2D eigenvalue weighted by atomic mass is 10.1. The first-order valence-electron chi connectivity index (χ1n) is 15.8. The van der Waals surface area contributed by atoms with Gasteiger partial charge in [-0.3, -0.25) is 18.5 Å². The number of nitrogens with zero attached hydrogens (tertiary/aromatic N) is 2. The van der Waals surface area contributed by atoms with E-state index in [0.717, 1.165) is 17.2 Å². The molecule has 4 rings (SSSR count). The first-order valence-corrected chi connectivity index (χ1v) is 18.7. The summed E-state index contributed by atoms with van der Waals surface area (Å²) < 4.78 is 65.9. The van der Waals surface area contributed by atoms with Gasteiger partial charge in [-0.1, -0.05) is 56.7 Å². The minimum absolute atomic E-state index is 0.0319. The minimum Gasteiger partial charge on any atom is -0.756 e. The Balaban J connectivity index is 1.66. The van der Waals surface area contributed by atoms with Gasteiger partial charge in [0.25, 0.3) is 15.6 Å². The third-order valence-electron chi connectivity index (χ3n) is 6.82. The van der Waals surface area contributed by atoms with Gasteiger partial charge in [-0.2, -0.15) is 4.98 Å². The van der Waals surface area contributed by atoms with E-state index in [-0.39, 0.29) is 36.8 Å². The summed E-state index contributed by atoms with van der Waals surface area (Å²) in [6.07, 6.45) is -6.97. The molecule has 1 saturated heterocycles. The van der Waals surface area contributed by atoms with E-state index < -0.39 is 70.7 Å². The molecule has 0 spiro atoms. The number of benzene rings is 2. The number of para-hydroxylation sites is 2. The molecular formula is C31H35N3O16P2-2. The average molecular weight is 768 g/mol. The maximum Gasteiger partial charge on any atom is 0.514 e. The van der Waals surface area contributed by atoms with Gasteiger partial charge in [0, 0.05) is 12.6 Å². The van der Waals surface area contributed by atoms with Crippen molar-refractivity contribution in [3.63, 3.8) is 0 Å². The van der Waals surface area contributed by atoms with Crippen molar-refractivity contribution in [1.29, 1.82) is 0 Å². The number of rotatable bonds is 17. The van der Waals surface area contributed by atoms with Crippen LogP contribution in [-0.4, -0.2) is 59.3 Å². The summed E-state index contributed by atoms with van der Waals surface area (Å²) in [6.45, 7) is 1.97. The lowest BCUT2D eigenvalue weighted by Gasteiger charge is -2.31. The van der Waals surface area contributed by atoms with Crippen LogP contribution in [0.25, 0.3) is 0 Å². The molecule has 21 heteroatoms. The Bertz CT molecular complexity index is 1810. The monoisotopic (exact) mass is 767 g/mol. The van der Waals surface area contributed by atoms with Gasteiger partial charge in [0.05, 0.1) is 13.2 Å². The number of nitrogens with one attached hydrogen (secondary N) is 1. The molecule has 1 amide bonds. The van der Waals surface area contributed by atoms with Crippen LogP contribution >= 0.6 is 15.6 Å². The summed E-state index contributed by atoms with van der Waals surface area (Å²) in [6, 6.07) is 16.5. The van der Waals surface area contributed by atoms with Gasteiger partial charge in [-0.05, 0) is 43.2 Å². The molecule has 1 aromatic heterocycles. The molecule has 52 heavy (non-hydrogen) atoms. The molecule has 3 unspecified atom stereocenters. The van der Waals surface area contributed by atoms with Crippen LogP contribution in [0.2, 0.25) is 0 Å². The van der Waals surface area contributed by atoms with E-state index in [4.69, 9.17) is 28.2 Å². The summed E-state index contributed by atoms with van der Waals surface area (Å²) in [7, 11) is -11.1. The Labute approximate surface area is 296 Å². The third kappa shape index (κ3) is 12.4. The van der Waals surface area contributed by atoms with Gasteiger partial charge in [0.2, 0.25) is 5.91 Å². The smallest absolute Gasteiger partial charge is 0.514 e. The molecule has 0 bridgehead atoms. The standard InChI is InChI=1S/C31H37N3O16P2/c1-3-5-16-25(35)32-24-17-18-34(29(36)33-24)28-27(49-31(38)46-22-14-10-7-11-15-22)26(48-30(37)45-21-12-8-6-9-13-21)23(47-28)20-44-52(41,42)50-51(39,40)43-19-4-2/h6-15,17-18,23,26-28H,3-5,16,19-20H2,1-2H3,(H,39,40)(H,41,42)(H,32,33,35,36)/p-2/t23-,26?,27+,28-/m1/s1. The number of carbonyl (C=O) groups is 3. The molecule has 0 radical (unpaired) electrons. The van der Waals surface area contributed by atoms with Crippen LogP contribution in [-0.2, 0) is 41.5 Å². The number of anilines is 1. The van der Waals surface area contributed by atoms with E-state index in [1.165, 1.54) is 30.3 Å². The maximum atomic E-state index is 13.3. The van der Waals surface area contributed by atoms with Gasteiger partial charge in [0.1, 0.15) is 23.4 Å². The summed E-state index contributed by atoms with van der Waals surface area (Å²) in [5.41, 5.74) is -1.05. The molecule has 19 nitrogen and oxygen atoms in total. The molecule has 3 aromatic rings. The second-order valence-electron chi connectivity index (χ2n) is 10.8. The average Bonchev–Trinajstić information content (AvgIpc) is 3.41. The van der Waals surface area contributed by atoms with E-state index in [1.54, 1.807) is 43.3 Å². The number of amides is 1. The van der Waals surface area contributed by atoms with E-state index >= 15 is 0 Å². The van der Waals surface area contributed by atoms with E-state index in [1.807, 2.05) is 6.92 Å². The quantitative estimate of drug-likeness (QED) is 0.116. The molecule has 1 fully saturated rings. The molecular weight excluding hydrogens is 732 g/mol. The minimum atomic E-state index is -5.70. The normalized spacial score (nSPS) is 20.5. The van der Waals surface area contributed by atoms with Gasteiger partial charge in [0.15, 0.2) is 18.4 Å². The van der Waals surface area contributed by atoms with Crippen molar-refractivity contribution in [1.82, 2.24) is 9.55 Å². The highest BCUT2D eigenvalue weighted by Gasteiger charge is 2.52.